The Hall–Kier alpha value is -1.97. The third-order valence-electron chi connectivity index (χ3n) is 4.23. The molecule has 0 aliphatic carbocycles. The van der Waals surface area contributed by atoms with Gasteiger partial charge in [-0.05, 0) is 34.9 Å². The van der Waals surface area contributed by atoms with E-state index in [1.54, 1.807) is 18.0 Å². The van der Waals surface area contributed by atoms with Gasteiger partial charge in [0, 0.05) is 18.2 Å². The van der Waals surface area contributed by atoms with E-state index in [-0.39, 0.29) is 10.8 Å². The number of nitrogen functional groups attached to an aromatic ring is 1. The second-order valence-electron chi connectivity index (χ2n) is 8.10. The van der Waals surface area contributed by atoms with Crippen LogP contribution in [0.2, 0.25) is 0 Å². The summed E-state index contributed by atoms with van der Waals surface area (Å²) < 4.78 is 7.22. The van der Waals surface area contributed by atoms with Gasteiger partial charge in [-0.3, -0.25) is 4.68 Å². The Morgan fingerprint density at radius 2 is 1.78 bits per heavy atom. The number of ether oxygens (including phenoxy) is 1. The Morgan fingerprint density at radius 1 is 1.13 bits per heavy atom. The fraction of sp³-hybridized carbons (Fsp3) is 0.526. The van der Waals surface area contributed by atoms with Gasteiger partial charge < -0.3 is 10.5 Å². The molecule has 4 heteroatoms. The quantitative estimate of drug-likeness (QED) is 0.910. The normalized spacial score (nSPS) is 12.5. The minimum atomic E-state index is 0.0657. The van der Waals surface area contributed by atoms with Crippen molar-refractivity contribution < 1.29 is 4.74 Å². The van der Waals surface area contributed by atoms with Crippen LogP contribution in [0.1, 0.15) is 46.6 Å². The molecule has 0 bridgehead atoms. The third kappa shape index (κ3) is 3.69. The first-order chi connectivity index (χ1) is 10.5. The molecule has 0 saturated heterocycles. The molecule has 0 radical (unpaired) electrons. The summed E-state index contributed by atoms with van der Waals surface area (Å²) >= 11 is 0. The topological polar surface area (TPSA) is 53.1 Å². The molecule has 0 amide bonds. The zero-order chi connectivity index (χ0) is 17.4. The standard InChI is InChI=1S/C19H29N3O/c1-18(2,3)12-19(4,5)13-8-9-16(23-7)14(10-13)15-11-21-22(6)17(15)20/h8-11H,12,20H2,1-7H3. The number of benzene rings is 1. The van der Waals surface area contributed by atoms with Gasteiger partial charge in [-0.25, -0.2) is 0 Å². The summed E-state index contributed by atoms with van der Waals surface area (Å²) in [5, 5.41) is 4.26. The van der Waals surface area contributed by atoms with Gasteiger partial charge in [0.1, 0.15) is 11.6 Å². The SMILES string of the molecule is COc1ccc(C(C)(C)CC(C)(C)C)cc1-c1cnn(C)c1N. The smallest absolute Gasteiger partial charge is 0.129 e. The highest BCUT2D eigenvalue weighted by Gasteiger charge is 2.28. The second kappa shape index (κ2) is 5.91. The molecule has 0 aliphatic heterocycles. The van der Waals surface area contributed by atoms with Crippen LogP contribution in [-0.2, 0) is 12.5 Å². The van der Waals surface area contributed by atoms with Crippen molar-refractivity contribution in [2.75, 3.05) is 12.8 Å². The highest BCUT2D eigenvalue weighted by Crippen LogP contribution is 2.41. The van der Waals surface area contributed by atoms with Gasteiger partial charge in [-0.15, -0.1) is 0 Å². The van der Waals surface area contributed by atoms with E-state index in [9.17, 15) is 0 Å². The summed E-state index contributed by atoms with van der Waals surface area (Å²) in [6, 6.07) is 6.38. The van der Waals surface area contributed by atoms with Gasteiger partial charge in [0.2, 0.25) is 0 Å². The van der Waals surface area contributed by atoms with Crippen molar-refractivity contribution in [1.82, 2.24) is 9.78 Å². The molecule has 0 unspecified atom stereocenters. The number of nitrogens with two attached hydrogens (primary N) is 1. The van der Waals surface area contributed by atoms with Gasteiger partial charge in [-0.1, -0.05) is 40.7 Å². The molecular formula is C19H29N3O. The Bertz CT molecular complexity index is 693. The number of anilines is 1. The molecule has 1 aromatic heterocycles. The summed E-state index contributed by atoms with van der Waals surface area (Å²) in [6.45, 7) is 11.4. The number of methoxy groups -OCH3 is 1. The predicted molar refractivity (Wildman–Crippen MR) is 96.7 cm³/mol. The van der Waals surface area contributed by atoms with E-state index in [1.807, 2.05) is 13.1 Å². The molecule has 126 valence electrons. The van der Waals surface area contributed by atoms with E-state index >= 15 is 0 Å². The van der Waals surface area contributed by atoms with Crippen LogP contribution in [-0.4, -0.2) is 16.9 Å². The largest absolute Gasteiger partial charge is 0.496 e. The molecule has 1 aromatic carbocycles. The first-order valence-corrected chi connectivity index (χ1v) is 8.01. The van der Waals surface area contributed by atoms with Gasteiger partial charge >= 0.3 is 0 Å². The molecule has 1 heterocycles. The average molecular weight is 315 g/mol. The number of rotatable bonds is 4. The zero-order valence-electron chi connectivity index (χ0n) is 15.4. The Kier molecular flexibility index (Phi) is 4.47. The van der Waals surface area contributed by atoms with Crippen molar-refractivity contribution in [2.45, 2.75) is 46.5 Å². The molecule has 0 aliphatic rings. The van der Waals surface area contributed by atoms with Crippen molar-refractivity contribution in [2.24, 2.45) is 12.5 Å². The van der Waals surface area contributed by atoms with E-state index in [1.165, 1.54) is 5.56 Å². The molecule has 0 fully saturated rings. The number of nitrogens with zero attached hydrogens (tertiary/aromatic N) is 2. The van der Waals surface area contributed by atoms with Gasteiger partial charge in [0.25, 0.3) is 0 Å². The van der Waals surface area contributed by atoms with E-state index in [0.717, 1.165) is 23.3 Å². The summed E-state index contributed by atoms with van der Waals surface area (Å²) in [6.07, 6.45) is 2.89. The maximum Gasteiger partial charge on any atom is 0.129 e. The summed E-state index contributed by atoms with van der Waals surface area (Å²) in [5.74, 6) is 1.47. The first-order valence-electron chi connectivity index (χ1n) is 8.01. The highest BCUT2D eigenvalue weighted by atomic mass is 16.5. The Labute approximate surface area is 139 Å². The summed E-state index contributed by atoms with van der Waals surface area (Å²) in [4.78, 5) is 0. The molecule has 2 aromatic rings. The van der Waals surface area contributed by atoms with Crippen molar-refractivity contribution in [3.63, 3.8) is 0 Å². The van der Waals surface area contributed by atoms with E-state index in [2.05, 4.69) is 51.9 Å². The predicted octanol–water partition coefficient (Wildman–Crippen LogP) is 4.39. The van der Waals surface area contributed by atoms with Crippen LogP contribution in [0.15, 0.2) is 24.4 Å². The molecular weight excluding hydrogens is 286 g/mol. The van der Waals surface area contributed by atoms with Crippen molar-refractivity contribution in [3.05, 3.63) is 30.0 Å². The highest BCUT2D eigenvalue weighted by molar-refractivity contribution is 5.79. The van der Waals surface area contributed by atoms with Crippen LogP contribution in [0, 0.1) is 5.41 Å². The number of hydrogen-bond donors (Lipinski definition) is 1. The Morgan fingerprint density at radius 3 is 2.26 bits per heavy atom. The minimum Gasteiger partial charge on any atom is -0.496 e. The molecule has 4 nitrogen and oxygen atoms in total. The lowest BCUT2D eigenvalue weighted by molar-refractivity contribution is 0.284. The number of aromatic nitrogens is 2. The Balaban J connectivity index is 2.54. The second-order valence-corrected chi connectivity index (χ2v) is 8.10. The van der Waals surface area contributed by atoms with Crippen LogP contribution in [0.25, 0.3) is 11.1 Å². The van der Waals surface area contributed by atoms with Gasteiger partial charge in [0.15, 0.2) is 0 Å². The lowest BCUT2D eigenvalue weighted by atomic mass is 9.72. The molecule has 2 rings (SSSR count). The van der Waals surface area contributed by atoms with Crippen LogP contribution < -0.4 is 10.5 Å². The molecule has 0 atom stereocenters. The van der Waals surface area contributed by atoms with Crippen molar-refractivity contribution >= 4 is 5.82 Å². The van der Waals surface area contributed by atoms with Crippen LogP contribution >= 0.6 is 0 Å². The molecule has 0 spiro atoms. The maximum atomic E-state index is 6.16. The number of hydrogen-bond acceptors (Lipinski definition) is 3. The van der Waals surface area contributed by atoms with Gasteiger partial charge in [-0.2, -0.15) is 5.10 Å². The number of aryl methyl sites for hydroxylation is 1. The fourth-order valence-electron chi connectivity index (χ4n) is 3.42. The maximum absolute atomic E-state index is 6.16. The van der Waals surface area contributed by atoms with E-state index in [0.29, 0.717) is 5.82 Å². The zero-order valence-corrected chi connectivity index (χ0v) is 15.4. The minimum absolute atomic E-state index is 0.0657. The van der Waals surface area contributed by atoms with E-state index in [4.69, 9.17) is 10.5 Å². The van der Waals surface area contributed by atoms with Crippen molar-refractivity contribution in [3.8, 4) is 16.9 Å². The molecule has 0 saturated carbocycles. The van der Waals surface area contributed by atoms with Crippen molar-refractivity contribution in [1.29, 1.82) is 0 Å². The van der Waals surface area contributed by atoms with E-state index < -0.39 is 0 Å². The summed E-state index contributed by atoms with van der Waals surface area (Å²) in [5.41, 5.74) is 9.69. The lowest BCUT2D eigenvalue weighted by Crippen LogP contribution is -2.24. The van der Waals surface area contributed by atoms with Crippen LogP contribution in [0.3, 0.4) is 0 Å². The monoisotopic (exact) mass is 315 g/mol. The van der Waals surface area contributed by atoms with Crippen LogP contribution in [0.4, 0.5) is 5.82 Å². The third-order valence-corrected chi connectivity index (χ3v) is 4.23. The first kappa shape index (κ1) is 17.4. The average Bonchev–Trinajstić information content (AvgIpc) is 2.75. The summed E-state index contributed by atoms with van der Waals surface area (Å²) in [7, 11) is 3.53. The lowest BCUT2D eigenvalue weighted by Gasteiger charge is -2.33. The van der Waals surface area contributed by atoms with Crippen LogP contribution in [0.5, 0.6) is 5.75 Å². The molecule has 23 heavy (non-hydrogen) atoms. The molecule has 2 N–H and O–H groups in total. The van der Waals surface area contributed by atoms with Gasteiger partial charge in [0.05, 0.1) is 13.3 Å². The fourth-order valence-corrected chi connectivity index (χ4v) is 3.42.